The molecular weight excluding hydrogens is 249 g/mol. The molecule has 5 nitrogen and oxygen atoms in total. The zero-order valence-corrected chi connectivity index (χ0v) is 8.85. The van der Waals surface area contributed by atoms with Crippen molar-refractivity contribution in [3.05, 3.63) is 46.5 Å². The van der Waals surface area contributed by atoms with E-state index < -0.39 is 17.4 Å². The number of nitrogens with zero attached hydrogens (tertiary/aromatic N) is 3. The molecule has 0 bridgehead atoms. The number of nitrogen functional groups attached to an aromatic ring is 1. The van der Waals surface area contributed by atoms with Gasteiger partial charge < -0.3 is 5.73 Å². The number of aromatic nitrogens is 3. The number of hydrogen-bond acceptors (Lipinski definition) is 4. The molecule has 0 unspecified atom stereocenters. The van der Waals surface area contributed by atoms with Crippen molar-refractivity contribution in [2.75, 3.05) is 5.73 Å². The number of hydrogen-bond donors (Lipinski definition) is 1. The average Bonchev–Trinajstić information content (AvgIpc) is 2.32. The van der Waals surface area contributed by atoms with Crippen LogP contribution in [0, 0.1) is 0 Å². The Kier molecular flexibility index (Phi) is 2.77. The normalized spacial score (nSPS) is 11.5. The summed E-state index contributed by atoms with van der Waals surface area (Å²) in [6, 6.07) is 4.44. The second-order valence-corrected chi connectivity index (χ2v) is 3.38. The molecule has 0 spiro atoms. The number of pyridine rings is 1. The van der Waals surface area contributed by atoms with Gasteiger partial charge >= 0.3 is 6.18 Å². The van der Waals surface area contributed by atoms with Crippen LogP contribution in [0.3, 0.4) is 0 Å². The van der Waals surface area contributed by atoms with Crippen molar-refractivity contribution in [3.63, 3.8) is 0 Å². The molecule has 0 atom stereocenters. The summed E-state index contributed by atoms with van der Waals surface area (Å²) in [6.07, 6.45) is -3.38. The minimum Gasteiger partial charge on any atom is -0.394 e. The van der Waals surface area contributed by atoms with Crippen LogP contribution < -0.4 is 11.3 Å². The summed E-state index contributed by atoms with van der Waals surface area (Å²) < 4.78 is 38.1. The van der Waals surface area contributed by atoms with Gasteiger partial charge in [-0.25, -0.2) is 4.98 Å². The third-order valence-electron chi connectivity index (χ3n) is 2.12. The Bertz CT molecular complexity index is 636. The molecule has 18 heavy (non-hydrogen) atoms. The first-order chi connectivity index (χ1) is 8.39. The Morgan fingerprint density at radius 1 is 1.22 bits per heavy atom. The van der Waals surface area contributed by atoms with Crippen LogP contribution >= 0.6 is 0 Å². The minimum absolute atomic E-state index is 0.121. The van der Waals surface area contributed by atoms with E-state index in [2.05, 4.69) is 10.1 Å². The van der Waals surface area contributed by atoms with Crippen LogP contribution in [-0.4, -0.2) is 14.8 Å². The van der Waals surface area contributed by atoms with Gasteiger partial charge in [0, 0.05) is 0 Å². The molecule has 0 aromatic carbocycles. The fraction of sp³-hybridized carbons (Fsp3) is 0.100. The maximum absolute atomic E-state index is 12.5. The second kappa shape index (κ2) is 4.13. The zero-order valence-electron chi connectivity index (χ0n) is 8.85. The van der Waals surface area contributed by atoms with E-state index in [0.717, 1.165) is 12.1 Å². The summed E-state index contributed by atoms with van der Waals surface area (Å²) in [7, 11) is 0. The van der Waals surface area contributed by atoms with Gasteiger partial charge in [0.2, 0.25) is 0 Å². The maximum atomic E-state index is 12.5. The van der Waals surface area contributed by atoms with E-state index in [1.54, 1.807) is 0 Å². The molecule has 0 aliphatic rings. The fourth-order valence-corrected chi connectivity index (χ4v) is 1.29. The Morgan fingerprint density at radius 3 is 2.61 bits per heavy atom. The monoisotopic (exact) mass is 256 g/mol. The van der Waals surface area contributed by atoms with E-state index in [-0.39, 0.29) is 11.5 Å². The van der Waals surface area contributed by atoms with Crippen LogP contribution in [0.15, 0.2) is 35.3 Å². The highest BCUT2D eigenvalue weighted by molar-refractivity contribution is 5.35. The lowest BCUT2D eigenvalue weighted by molar-refractivity contribution is -0.141. The predicted molar refractivity (Wildman–Crippen MR) is 57.0 cm³/mol. The lowest BCUT2D eigenvalue weighted by Gasteiger charge is -2.08. The van der Waals surface area contributed by atoms with E-state index in [1.807, 2.05) is 0 Å². The molecule has 8 heteroatoms. The summed E-state index contributed by atoms with van der Waals surface area (Å²) in [4.78, 5) is 14.9. The Balaban J connectivity index is 2.59. The molecule has 0 fully saturated rings. The van der Waals surface area contributed by atoms with Gasteiger partial charge in [0.15, 0.2) is 5.82 Å². The highest BCUT2D eigenvalue weighted by atomic mass is 19.4. The molecule has 0 amide bonds. The van der Waals surface area contributed by atoms with Gasteiger partial charge in [-0.15, -0.1) is 0 Å². The van der Waals surface area contributed by atoms with E-state index >= 15 is 0 Å². The summed E-state index contributed by atoms with van der Waals surface area (Å²) in [5.41, 5.74) is 3.42. The largest absolute Gasteiger partial charge is 0.433 e. The molecule has 0 saturated heterocycles. The average molecular weight is 256 g/mol. The van der Waals surface area contributed by atoms with Crippen LogP contribution in [0.4, 0.5) is 18.9 Å². The first-order valence-electron chi connectivity index (χ1n) is 4.78. The highest BCUT2D eigenvalue weighted by Crippen LogP contribution is 2.27. The Morgan fingerprint density at radius 2 is 1.94 bits per heavy atom. The van der Waals surface area contributed by atoms with E-state index in [4.69, 9.17) is 5.73 Å². The maximum Gasteiger partial charge on any atom is 0.433 e. The van der Waals surface area contributed by atoms with E-state index in [0.29, 0.717) is 4.68 Å². The molecule has 94 valence electrons. The van der Waals surface area contributed by atoms with Crippen molar-refractivity contribution < 1.29 is 13.2 Å². The van der Waals surface area contributed by atoms with Gasteiger partial charge in [0.05, 0.1) is 6.20 Å². The minimum atomic E-state index is -4.58. The highest BCUT2D eigenvalue weighted by Gasteiger charge is 2.32. The van der Waals surface area contributed by atoms with Gasteiger partial charge in [0.1, 0.15) is 11.4 Å². The van der Waals surface area contributed by atoms with Crippen LogP contribution in [0.5, 0.6) is 0 Å². The van der Waals surface area contributed by atoms with Crippen LogP contribution in [0.25, 0.3) is 5.82 Å². The molecular formula is C10H7F3N4O. The van der Waals surface area contributed by atoms with Gasteiger partial charge in [-0.05, 0) is 18.2 Å². The first-order valence-corrected chi connectivity index (χ1v) is 4.78. The Hall–Kier alpha value is -2.38. The van der Waals surface area contributed by atoms with Crippen molar-refractivity contribution >= 4 is 5.69 Å². The molecule has 2 aromatic heterocycles. The number of nitrogens with two attached hydrogens (primary N) is 1. The third-order valence-corrected chi connectivity index (χ3v) is 2.12. The van der Waals surface area contributed by atoms with Crippen LogP contribution in [0.2, 0.25) is 0 Å². The molecule has 0 aliphatic heterocycles. The summed E-state index contributed by atoms with van der Waals surface area (Å²) in [6.45, 7) is 0. The molecule has 2 N–H and O–H groups in total. The summed E-state index contributed by atoms with van der Waals surface area (Å²) >= 11 is 0. The standard InChI is InChI=1S/C10H7F3N4O/c11-10(12,13)7-2-1-3-8(16-7)17-9(18)6(14)4-5-15-17/h1-5H,14H2. The fourth-order valence-electron chi connectivity index (χ4n) is 1.29. The van der Waals surface area contributed by atoms with Crippen molar-refractivity contribution in [2.45, 2.75) is 6.18 Å². The lowest BCUT2D eigenvalue weighted by atomic mass is 10.3. The van der Waals surface area contributed by atoms with E-state index in [1.165, 1.54) is 18.3 Å². The SMILES string of the molecule is Nc1ccnn(-c2cccc(C(F)(F)F)n2)c1=O. The van der Waals surface area contributed by atoms with Crippen molar-refractivity contribution in [2.24, 2.45) is 0 Å². The van der Waals surface area contributed by atoms with Gasteiger partial charge in [0.25, 0.3) is 5.56 Å². The molecule has 0 radical (unpaired) electrons. The zero-order chi connectivity index (χ0) is 13.3. The van der Waals surface area contributed by atoms with Crippen LogP contribution in [-0.2, 0) is 6.18 Å². The lowest BCUT2D eigenvalue weighted by Crippen LogP contribution is -2.24. The quantitative estimate of drug-likeness (QED) is 0.832. The molecule has 0 aliphatic carbocycles. The van der Waals surface area contributed by atoms with Crippen molar-refractivity contribution in [3.8, 4) is 5.82 Å². The topological polar surface area (TPSA) is 73.8 Å². The van der Waals surface area contributed by atoms with Crippen molar-refractivity contribution in [1.29, 1.82) is 0 Å². The van der Waals surface area contributed by atoms with Gasteiger partial charge in [-0.1, -0.05) is 6.07 Å². The number of anilines is 1. The predicted octanol–water partition coefficient (Wildman–Crippen LogP) is 1.23. The number of rotatable bonds is 1. The van der Waals surface area contributed by atoms with Crippen LogP contribution in [0.1, 0.15) is 5.69 Å². The first kappa shape index (κ1) is 12.1. The van der Waals surface area contributed by atoms with Gasteiger partial charge in [-0.2, -0.15) is 23.0 Å². The Labute approximate surface area is 98.7 Å². The summed E-state index contributed by atoms with van der Waals surface area (Å²) in [5.74, 6) is -0.234. The van der Waals surface area contributed by atoms with Crippen molar-refractivity contribution in [1.82, 2.24) is 14.8 Å². The number of halogens is 3. The third kappa shape index (κ3) is 2.17. The molecule has 2 heterocycles. The van der Waals surface area contributed by atoms with Gasteiger partial charge in [-0.3, -0.25) is 4.79 Å². The second-order valence-electron chi connectivity index (χ2n) is 3.38. The molecule has 2 aromatic rings. The smallest absolute Gasteiger partial charge is 0.394 e. The van der Waals surface area contributed by atoms with E-state index in [9.17, 15) is 18.0 Å². The molecule has 0 saturated carbocycles. The molecule has 2 rings (SSSR count). The number of alkyl halides is 3. The summed E-state index contributed by atoms with van der Waals surface area (Å²) in [5, 5.41) is 3.63.